The maximum absolute atomic E-state index is 12.7. The van der Waals surface area contributed by atoms with Crippen LogP contribution in [0.3, 0.4) is 0 Å². The van der Waals surface area contributed by atoms with Crippen LogP contribution in [0.4, 0.5) is 4.79 Å². The third-order valence-electron chi connectivity index (χ3n) is 4.99. The van der Waals surface area contributed by atoms with E-state index in [-0.39, 0.29) is 19.0 Å². The van der Waals surface area contributed by atoms with Gasteiger partial charge >= 0.3 is 6.03 Å². The quantitative estimate of drug-likeness (QED) is 0.675. The molecule has 0 aromatic heterocycles. The first-order valence-corrected chi connectivity index (χ1v) is 9.12. The van der Waals surface area contributed by atoms with Crippen LogP contribution in [0.5, 0.6) is 0 Å². The molecule has 0 aromatic rings. The van der Waals surface area contributed by atoms with Crippen LogP contribution in [-0.2, 0) is 15.0 Å². The SMILES string of the molecule is CC1CCN(S(=O)(=O)N2CCC3(CC2)NC(=O)NC3=O)CC1. The molecule has 3 aliphatic heterocycles. The van der Waals surface area contributed by atoms with Crippen molar-refractivity contribution in [3.63, 3.8) is 0 Å². The van der Waals surface area contributed by atoms with Crippen LogP contribution in [0.15, 0.2) is 0 Å². The summed E-state index contributed by atoms with van der Waals surface area (Å²) in [5.74, 6) is 0.217. The van der Waals surface area contributed by atoms with Gasteiger partial charge < -0.3 is 5.32 Å². The molecule has 0 bridgehead atoms. The molecular formula is C13H22N4O4S. The number of nitrogens with zero attached hydrogens (tertiary/aromatic N) is 2. The molecule has 0 atom stereocenters. The largest absolute Gasteiger partial charge is 0.323 e. The van der Waals surface area contributed by atoms with E-state index in [9.17, 15) is 18.0 Å². The van der Waals surface area contributed by atoms with Gasteiger partial charge in [-0.3, -0.25) is 10.1 Å². The van der Waals surface area contributed by atoms with E-state index in [0.717, 1.165) is 12.8 Å². The van der Waals surface area contributed by atoms with Gasteiger partial charge in [-0.1, -0.05) is 6.92 Å². The highest BCUT2D eigenvalue weighted by Gasteiger charge is 2.49. The second-order valence-corrected chi connectivity index (χ2v) is 8.41. The highest BCUT2D eigenvalue weighted by Crippen LogP contribution is 2.29. The lowest BCUT2D eigenvalue weighted by Gasteiger charge is -2.39. The van der Waals surface area contributed by atoms with Crippen molar-refractivity contribution in [2.75, 3.05) is 26.2 Å². The third-order valence-corrected chi connectivity index (χ3v) is 7.02. The molecular weight excluding hydrogens is 308 g/mol. The molecule has 0 saturated carbocycles. The number of piperidine rings is 2. The van der Waals surface area contributed by atoms with Gasteiger partial charge in [0.2, 0.25) is 0 Å². The Morgan fingerprint density at radius 2 is 1.59 bits per heavy atom. The fourth-order valence-corrected chi connectivity index (χ4v) is 5.00. The molecule has 22 heavy (non-hydrogen) atoms. The lowest BCUT2D eigenvalue weighted by Crippen LogP contribution is -2.58. The van der Waals surface area contributed by atoms with Gasteiger partial charge in [0.1, 0.15) is 5.54 Å². The van der Waals surface area contributed by atoms with Crippen molar-refractivity contribution >= 4 is 22.1 Å². The zero-order chi connectivity index (χ0) is 16.0. The monoisotopic (exact) mass is 330 g/mol. The lowest BCUT2D eigenvalue weighted by molar-refractivity contribution is -0.125. The first-order chi connectivity index (χ1) is 10.3. The Bertz CT molecular complexity index is 575. The molecule has 3 amide bonds. The Morgan fingerprint density at radius 1 is 1.05 bits per heavy atom. The number of hydrogen-bond donors (Lipinski definition) is 2. The summed E-state index contributed by atoms with van der Waals surface area (Å²) in [6.45, 7) is 3.75. The molecule has 0 radical (unpaired) electrons. The Morgan fingerprint density at radius 3 is 2.09 bits per heavy atom. The van der Waals surface area contributed by atoms with E-state index >= 15 is 0 Å². The molecule has 3 saturated heterocycles. The Balaban J connectivity index is 1.66. The Hall–Kier alpha value is -1.19. The molecule has 2 N–H and O–H groups in total. The van der Waals surface area contributed by atoms with Gasteiger partial charge in [-0.2, -0.15) is 17.0 Å². The first kappa shape index (κ1) is 15.7. The van der Waals surface area contributed by atoms with E-state index in [1.54, 1.807) is 0 Å². The summed E-state index contributed by atoms with van der Waals surface area (Å²) in [4.78, 5) is 23.2. The average molecular weight is 330 g/mol. The van der Waals surface area contributed by atoms with E-state index in [1.807, 2.05) is 0 Å². The molecule has 8 nitrogen and oxygen atoms in total. The molecule has 3 fully saturated rings. The summed E-state index contributed by atoms with van der Waals surface area (Å²) in [6, 6.07) is -0.494. The zero-order valence-electron chi connectivity index (χ0n) is 12.7. The van der Waals surface area contributed by atoms with E-state index in [0.29, 0.717) is 31.8 Å². The Labute approximate surface area is 130 Å². The number of rotatable bonds is 2. The third kappa shape index (κ3) is 2.61. The van der Waals surface area contributed by atoms with Gasteiger partial charge in [-0.15, -0.1) is 0 Å². The van der Waals surface area contributed by atoms with Crippen LogP contribution in [0.1, 0.15) is 32.6 Å². The van der Waals surface area contributed by atoms with Gasteiger partial charge in [-0.25, -0.2) is 4.79 Å². The number of carbonyl (C=O) groups is 2. The van der Waals surface area contributed by atoms with Crippen molar-refractivity contribution in [3.8, 4) is 0 Å². The summed E-state index contributed by atoms with van der Waals surface area (Å²) in [7, 11) is -3.46. The second kappa shape index (κ2) is 5.47. The predicted molar refractivity (Wildman–Crippen MR) is 79.1 cm³/mol. The maximum Gasteiger partial charge on any atom is 0.322 e. The number of imide groups is 1. The van der Waals surface area contributed by atoms with E-state index in [2.05, 4.69) is 17.6 Å². The van der Waals surface area contributed by atoms with Gasteiger partial charge in [0.25, 0.3) is 16.1 Å². The van der Waals surface area contributed by atoms with Crippen molar-refractivity contribution in [2.24, 2.45) is 5.92 Å². The minimum absolute atomic E-state index is 0.252. The van der Waals surface area contributed by atoms with E-state index in [4.69, 9.17) is 0 Å². The molecule has 9 heteroatoms. The molecule has 3 heterocycles. The lowest BCUT2D eigenvalue weighted by atomic mass is 9.89. The first-order valence-electron chi connectivity index (χ1n) is 7.72. The van der Waals surface area contributed by atoms with Crippen molar-refractivity contribution in [1.29, 1.82) is 0 Å². The molecule has 1 spiro atoms. The standard InChI is InChI=1S/C13H22N4O4S/c1-10-2-6-16(7-3-10)22(20,21)17-8-4-13(5-9-17)11(18)14-12(19)15-13/h10H,2-9H2,1H3,(H2,14,15,18,19). The number of hydrogen-bond acceptors (Lipinski definition) is 4. The van der Waals surface area contributed by atoms with Crippen molar-refractivity contribution in [3.05, 3.63) is 0 Å². The topological polar surface area (TPSA) is 98.8 Å². The van der Waals surface area contributed by atoms with Crippen molar-refractivity contribution in [1.82, 2.24) is 19.2 Å². The van der Waals surface area contributed by atoms with Crippen LogP contribution in [-0.4, -0.2) is 60.7 Å². The minimum Gasteiger partial charge on any atom is -0.323 e. The van der Waals surface area contributed by atoms with Crippen LogP contribution >= 0.6 is 0 Å². The van der Waals surface area contributed by atoms with Crippen LogP contribution < -0.4 is 10.6 Å². The fourth-order valence-electron chi connectivity index (χ4n) is 3.36. The molecule has 0 aliphatic carbocycles. The van der Waals surface area contributed by atoms with Crippen LogP contribution in [0, 0.1) is 5.92 Å². The zero-order valence-corrected chi connectivity index (χ0v) is 13.5. The molecule has 0 unspecified atom stereocenters. The smallest absolute Gasteiger partial charge is 0.322 e. The minimum atomic E-state index is -3.46. The van der Waals surface area contributed by atoms with Gasteiger partial charge in [-0.05, 0) is 31.6 Å². The Kier molecular flexibility index (Phi) is 3.90. The second-order valence-electron chi connectivity index (χ2n) is 6.48. The van der Waals surface area contributed by atoms with Gasteiger partial charge in [0.15, 0.2) is 0 Å². The summed E-state index contributed by atoms with van der Waals surface area (Å²) < 4.78 is 28.3. The summed E-state index contributed by atoms with van der Waals surface area (Å²) >= 11 is 0. The highest BCUT2D eigenvalue weighted by atomic mass is 32.2. The van der Waals surface area contributed by atoms with Crippen LogP contribution in [0.2, 0.25) is 0 Å². The molecule has 3 rings (SSSR count). The summed E-state index contributed by atoms with van der Waals surface area (Å²) in [6.07, 6.45) is 2.40. The summed E-state index contributed by atoms with van der Waals surface area (Å²) in [5, 5.41) is 4.87. The van der Waals surface area contributed by atoms with Crippen molar-refractivity contribution < 1.29 is 18.0 Å². The van der Waals surface area contributed by atoms with Gasteiger partial charge in [0.05, 0.1) is 0 Å². The number of amides is 3. The highest BCUT2D eigenvalue weighted by molar-refractivity contribution is 7.86. The molecule has 0 aromatic carbocycles. The summed E-state index contributed by atoms with van der Waals surface area (Å²) in [5.41, 5.74) is -0.931. The molecule has 124 valence electrons. The normalized spacial score (nSPS) is 27.9. The number of carbonyl (C=O) groups excluding carboxylic acids is 2. The predicted octanol–water partition coefficient (Wildman–Crippen LogP) is -0.363. The molecule has 3 aliphatic rings. The number of urea groups is 1. The van der Waals surface area contributed by atoms with Crippen LogP contribution in [0.25, 0.3) is 0 Å². The van der Waals surface area contributed by atoms with Crippen molar-refractivity contribution in [2.45, 2.75) is 38.1 Å². The maximum atomic E-state index is 12.7. The number of nitrogens with one attached hydrogen (secondary N) is 2. The average Bonchev–Trinajstić information content (AvgIpc) is 2.74. The van der Waals surface area contributed by atoms with E-state index in [1.165, 1.54) is 8.61 Å². The fraction of sp³-hybridized carbons (Fsp3) is 0.846. The van der Waals surface area contributed by atoms with E-state index < -0.39 is 21.8 Å². The van der Waals surface area contributed by atoms with Gasteiger partial charge in [0, 0.05) is 26.2 Å².